The quantitative estimate of drug-likeness (QED) is 0.395. The van der Waals surface area contributed by atoms with Crippen LogP contribution in [0.3, 0.4) is 0 Å². The lowest BCUT2D eigenvalue weighted by Crippen LogP contribution is -2.29. The number of allylic oxidation sites excluding steroid dienone is 7. The standard InChI is InChI=1S/C21H29NO4S/c1-3-4-5-6-7-10-18(24)15-26-19-11-8-9-17(12-13-19)14-20(27-16-23)21(25)22-2/h4-9,11-13,16,18-20,24H,3,10,14-15H2,1-2H3,(H,22,25)/b5-4-,7-6-. The highest BCUT2D eigenvalue weighted by Gasteiger charge is 2.19. The Morgan fingerprint density at radius 1 is 1.37 bits per heavy atom. The molecule has 2 N–H and O–H groups in total. The molecule has 5 nitrogen and oxygen atoms in total. The molecule has 3 atom stereocenters. The first-order valence-corrected chi connectivity index (χ1v) is 10.0. The molecule has 0 bridgehead atoms. The van der Waals surface area contributed by atoms with Gasteiger partial charge in [-0.05, 0) is 24.8 Å². The average Bonchev–Trinajstić information content (AvgIpc) is 2.90. The number of thioether (sulfide) groups is 1. The fourth-order valence-corrected chi connectivity index (χ4v) is 3.00. The predicted molar refractivity (Wildman–Crippen MR) is 112 cm³/mol. The third-order valence-corrected chi connectivity index (χ3v) is 4.62. The van der Waals surface area contributed by atoms with Crippen molar-refractivity contribution < 1.29 is 19.4 Å². The van der Waals surface area contributed by atoms with E-state index in [0.29, 0.717) is 18.5 Å². The second kappa shape index (κ2) is 14.2. The summed E-state index contributed by atoms with van der Waals surface area (Å²) in [5, 5.41) is 12.1. The molecule has 0 aromatic rings. The van der Waals surface area contributed by atoms with Crippen molar-refractivity contribution in [2.75, 3.05) is 13.7 Å². The lowest BCUT2D eigenvalue weighted by molar-refractivity contribution is -0.120. The van der Waals surface area contributed by atoms with E-state index in [9.17, 15) is 14.7 Å². The first kappa shape index (κ1) is 23.1. The summed E-state index contributed by atoms with van der Waals surface area (Å²) in [7, 11) is 1.56. The van der Waals surface area contributed by atoms with Gasteiger partial charge in [0.1, 0.15) is 0 Å². The molecule has 0 radical (unpaired) electrons. The minimum atomic E-state index is -0.560. The molecule has 27 heavy (non-hydrogen) atoms. The largest absolute Gasteiger partial charge is 0.390 e. The Kier molecular flexibility index (Phi) is 12.2. The Morgan fingerprint density at radius 2 is 2.15 bits per heavy atom. The van der Waals surface area contributed by atoms with Gasteiger partial charge in [-0.15, -0.1) is 0 Å². The summed E-state index contributed by atoms with van der Waals surface area (Å²) in [6.45, 7) is 2.30. The normalized spacial score (nSPS) is 19.1. The van der Waals surface area contributed by atoms with Crippen LogP contribution in [0.2, 0.25) is 0 Å². The van der Waals surface area contributed by atoms with Crippen LogP contribution in [0.25, 0.3) is 0 Å². The van der Waals surface area contributed by atoms with Crippen molar-refractivity contribution in [3.8, 4) is 0 Å². The molecule has 3 unspecified atom stereocenters. The van der Waals surface area contributed by atoms with Gasteiger partial charge in [0.05, 0.1) is 24.1 Å². The number of amides is 1. The molecule has 1 aliphatic rings. The van der Waals surface area contributed by atoms with Gasteiger partial charge >= 0.3 is 0 Å². The first-order valence-electron chi connectivity index (χ1n) is 9.08. The zero-order chi connectivity index (χ0) is 19.9. The van der Waals surface area contributed by atoms with Gasteiger partial charge in [-0.3, -0.25) is 9.59 Å². The van der Waals surface area contributed by atoms with Crippen molar-refractivity contribution in [2.24, 2.45) is 0 Å². The summed E-state index contributed by atoms with van der Waals surface area (Å²) in [6.07, 6.45) is 18.5. The molecule has 6 heteroatoms. The minimum Gasteiger partial charge on any atom is -0.390 e. The molecular formula is C21H29NO4S. The fraction of sp³-hybridized carbons (Fsp3) is 0.429. The number of aliphatic hydroxyl groups excluding tert-OH is 1. The summed E-state index contributed by atoms with van der Waals surface area (Å²) in [5.74, 6) is -0.174. The Morgan fingerprint density at radius 3 is 2.85 bits per heavy atom. The fourth-order valence-electron chi connectivity index (χ4n) is 2.34. The molecular weight excluding hydrogens is 362 g/mol. The van der Waals surface area contributed by atoms with E-state index in [1.807, 2.05) is 54.7 Å². The third kappa shape index (κ3) is 10.1. The van der Waals surface area contributed by atoms with E-state index in [0.717, 1.165) is 23.8 Å². The Balaban J connectivity index is 2.47. The summed E-state index contributed by atoms with van der Waals surface area (Å²) in [6, 6.07) is 0. The number of hydrogen-bond acceptors (Lipinski definition) is 5. The van der Waals surface area contributed by atoms with Crippen molar-refractivity contribution in [3.05, 3.63) is 60.3 Å². The molecule has 0 aromatic heterocycles. The second-order valence-electron chi connectivity index (χ2n) is 5.98. The van der Waals surface area contributed by atoms with Crippen LogP contribution < -0.4 is 5.32 Å². The lowest BCUT2D eigenvalue weighted by Gasteiger charge is -2.13. The first-order chi connectivity index (χ1) is 13.1. The van der Waals surface area contributed by atoms with Crippen molar-refractivity contribution >= 4 is 23.3 Å². The van der Waals surface area contributed by atoms with Crippen LogP contribution in [-0.2, 0) is 14.3 Å². The maximum absolute atomic E-state index is 11.8. The van der Waals surface area contributed by atoms with Gasteiger partial charge in [0.25, 0.3) is 0 Å². The van der Waals surface area contributed by atoms with E-state index >= 15 is 0 Å². The molecule has 0 saturated heterocycles. The molecule has 1 amide bonds. The average molecular weight is 392 g/mol. The van der Waals surface area contributed by atoms with Crippen LogP contribution in [0, 0.1) is 0 Å². The van der Waals surface area contributed by atoms with Gasteiger partial charge in [0, 0.05) is 7.05 Å². The number of ether oxygens (including phenoxy) is 1. The second-order valence-corrected chi connectivity index (χ2v) is 7.01. The molecule has 0 saturated carbocycles. The molecule has 0 heterocycles. The zero-order valence-electron chi connectivity index (χ0n) is 15.9. The highest BCUT2D eigenvalue weighted by atomic mass is 32.2. The van der Waals surface area contributed by atoms with E-state index in [1.54, 1.807) is 7.05 Å². The summed E-state index contributed by atoms with van der Waals surface area (Å²) in [4.78, 5) is 22.6. The Bertz CT molecular complexity index is 607. The maximum Gasteiger partial charge on any atom is 0.233 e. The topological polar surface area (TPSA) is 75.6 Å². The number of hydrogen-bond donors (Lipinski definition) is 2. The van der Waals surface area contributed by atoms with E-state index in [2.05, 4.69) is 12.2 Å². The van der Waals surface area contributed by atoms with E-state index in [1.165, 1.54) is 0 Å². The summed E-state index contributed by atoms with van der Waals surface area (Å²) < 4.78 is 5.72. The van der Waals surface area contributed by atoms with Crippen LogP contribution in [0.1, 0.15) is 26.2 Å². The highest BCUT2D eigenvalue weighted by Crippen LogP contribution is 2.20. The van der Waals surface area contributed by atoms with Crippen LogP contribution >= 0.6 is 11.8 Å². The molecule has 0 aliphatic heterocycles. The SMILES string of the molecule is CC/C=C\C=C/CC(O)COC1C=CC=C(CC(SC=O)C(=O)NC)C=C1. The summed E-state index contributed by atoms with van der Waals surface area (Å²) in [5.41, 5.74) is 1.63. The van der Waals surface area contributed by atoms with Gasteiger partial charge in [-0.25, -0.2) is 0 Å². The van der Waals surface area contributed by atoms with Crippen molar-refractivity contribution in [1.82, 2.24) is 5.32 Å². The molecule has 0 spiro atoms. The zero-order valence-corrected chi connectivity index (χ0v) is 16.7. The van der Waals surface area contributed by atoms with Gasteiger partial charge in [-0.2, -0.15) is 0 Å². The monoisotopic (exact) mass is 391 g/mol. The number of nitrogens with one attached hydrogen (secondary N) is 1. The number of aliphatic hydroxyl groups is 1. The van der Waals surface area contributed by atoms with Crippen LogP contribution in [0.5, 0.6) is 0 Å². The third-order valence-electron chi connectivity index (χ3n) is 3.80. The van der Waals surface area contributed by atoms with E-state index in [4.69, 9.17) is 4.74 Å². The Hall–Kier alpha value is -1.89. The van der Waals surface area contributed by atoms with Crippen molar-refractivity contribution in [1.29, 1.82) is 0 Å². The van der Waals surface area contributed by atoms with Gasteiger partial charge in [0.2, 0.25) is 5.91 Å². The number of carbonyl (C=O) groups is 2. The summed E-state index contributed by atoms with van der Waals surface area (Å²) >= 11 is 0.970. The van der Waals surface area contributed by atoms with Gasteiger partial charge < -0.3 is 15.2 Å². The van der Waals surface area contributed by atoms with Gasteiger partial charge in [-0.1, -0.05) is 73.4 Å². The van der Waals surface area contributed by atoms with Gasteiger partial charge in [0.15, 0.2) is 5.62 Å². The van der Waals surface area contributed by atoms with Crippen molar-refractivity contribution in [3.63, 3.8) is 0 Å². The number of rotatable bonds is 12. The Labute approximate surface area is 165 Å². The van der Waals surface area contributed by atoms with E-state index < -0.39 is 11.4 Å². The minimum absolute atomic E-state index is 0.174. The molecule has 1 rings (SSSR count). The van der Waals surface area contributed by atoms with Crippen LogP contribution in [-0.4, -0.2) is 47.7 Å². The van der Waals surface area contributed by atoms with Crippen LogP contribution in [0.4, 0.5) is 0 Å². The van der Waals surface area contributed by atoms with E-state index in [-0.39, 0.29) is 18.6 Å². The van der Waals surface area contributed by atoms with Crippen LogP contribution in [0.15, 0.2) is 60.3 Å². The molecule has 0 aromatic carbocycles. The lowest BCUT2D eigenvalue weighted by atomic mass is 10.1. The smallest absolute Gasteiger partial charge is 0.233 e. The molecule has 1 aliphatic carbocycles. The predicted octanol–water partition coefficient (Wildman–Crippen LogP) is 3.13. The molecule has 148 valence electrons. The van der Waals surface area contributed by atoms with Crippen molar-refractivity contribution in [2.45, 2.75) is 43.6 Å². The number of carbonyl (C=O) groups excluding carboxylic acids is 2. The molecule has 0 fully saturated rings. The maximum atomic E-state index is 11.8. The highest BCUT2D eigenvalue weighted by molar-refractivity contribution is 8.13.